The fourth-order valence-electron chi connectivity index (χ4n) is 2.52. The normalized spacial score (nSPS) is 24.3. The van der Waals surface area contributed by atoms with E-state index in [-0.39, 0.29) is 11.6 Å². The largest absolute Gasteiger partial charge is 0.491 e. The van der Waals surface area contributed by atoms with Crippen molar-refractivity contribution < 1.29 is 4.74 Å². The second-order valence-corrected chi connectivity index (χ2v) is 5.51. The van der Waals surface area contributed by atoms with Gasteiger partial charge in [0, 0.05) is 5.54 Å². The predicted molar refractivity (Wildman–Crippen MR) is 71.5 cm³/mol. The van der Waals surface area contributed by atoms with E-state index in [2.05, 4.69) is 51.2 Å². The van der Waals surface area contributed by atoms with Gasteiger partial charge < -0.3 is 10.1 Å². The van der Waals surface area contributed by atoms with Crippen molar-refractivity contribution in [1.29, 1.82) is 0 Å². The molecule has 0 amide bonds. The summed E-state index contributed by atoms with van der Waals surface area (Å²) < 4.78 is 5.78. The summed E-state index contributed by atoms with van der Waals surface area (Å²) in [4.78, 5) is 0. The summed E-state index contributed by atoms with van der Waals surface area (Å²) in [7, 11) is 0. The van der Waals surface area contributed by atoms with Gasteiger partial charge in [0.15, 0.2) is 0 Å². The summed E-state index contributed by atoms with van der Waals surface area (Å²) in [6, 6.07) is 6.56. The smallest absolute Gasteiger partial charge is 0.122 e. The van der Waals surface area contributed by atoms with E-state index in [9.17, 15) is 0 Å². The molecule has 94 valence electrons. The highest BCUT2D eigenvalue weighted by atomic mass is 16.5. The van der Waals surface area contributed by atoms with E-state index in [0.717, 1.165) is 12.3 Å². The second-order valence-electron chi connectivity index (χ2n) is 5.51. The molecular weight excluding hydrogens is 210 g/mol. The van der Waals surface area contributed by atoms with Gasteiger partial charge in [-0.15, -0.1) is 0 Å². The van der Waals surface area contributed by atoms with E-state index < -0.39 is 0 Å². The Labute approximate surface area is 104 Å². The molecule has 2 rings (SSSR count). The molecule has 0 saturated carbocycles. The molecular formula is C15H23NO. The highest BCUT2D eigenvalue weighted by molar-refractivity contribution is 5.39. The molecule has 1 aliphatic heterocycles. The van der Waals surface area contributed by atoms with Gasteiger partial charge in [0.25, 0.3) is 0 Å². The minimum absolute atomic E-state index is 0.154. The molecule has 0 radical (unpaired) electrons. The van der Waals surface area contributed by atoms with Crippen LogP contribution in [0.25, 0.3) is 0 Å². The van der Waals surface area contributed by atoms with Gasteiger partial charge in [-0.3, -0.25) is 0 Å². The Balaban J connectivity index is 2.24. The van der Waals surface area contributed by atoms with E-state index in [1.807, 2.05) is 0 Å². The fraction of sp³-hybridized carbons (Fsp3) is 0.600. The zero-order valence-electron chi connectivity index (χ0n) is 11.3. The van der Waals surface area contributed by atoms with Crippen LogP contribution in [0.2, 0.25) is 0 Å². The average molecular weight is 233 g/mol. The van der Waals surface area contributed by atoms with Crippen LogP contribution in [-0.2, 0) is 5.54 Å². The molecule has 1 unspecified atom stereocenters. The lowest BCUT2D eigenvalue weighted by molar-refractivity contribution is 0.240. The van der Waals surface area contributed by atoms with Crippen molar-refractivity contribution in [2.75, 3.05) is 6.54 Å². The Morgan fingerprint density at radius 1 is 1.35 bits per heavy atom. The molecule has 0 bridgehead atoms. The molecule has 1 aromatic carbocycles. The van der Waals surface area contributed by atoms with Gasteiger partial charge in [0.1, 0.15) is 5.75 Å². The maximum atomic E-state index is 5.78. The number of benzene rings is 1. The third kappa shape index (κ3) is 2.63. The van der Waals surface area contributed by atoms with Gasteiger partial charge in [-0.25, -0.2) is 0 Å². The highest BCUT2D eigenvalue weighted by Crippen LogP contribution is 2.33. The molecule has 1 aliphatic rings. The van der Waals surface area contributed by atoms with Gasteiger partial charge in [-0.05, 0) is 64.3 Å². The first-order valence-corrected chi connectivity index (χ1v) is 6.54. The first-order chi connectivity index (χ1) is 8.01. The summed E-state index contributed by atoms with van der Waals surface area (Å²) in [6.45, 7) is 9.66. The number of nitrogens with one attached hydrogen (secondary N) is 1. The van der Waals surface area contributed by atoms with Gasteiger partial charge in [0.05, 0.1) is 6.10 Å². The average Bonchev–Trinajstić information content (AvgIpc) is 2.69. The third-order valence-electron chi connectivity index (χ3n) is 3.54. The molecule has 17 heavy (non-hydrogen) atoms. The van der Waals surface area contributed by atoms with Gasteiger partial charge >= 0.3 is 0 Å². The summed E-state index contributed by atoms with van der Waals surface area (Å²) in [5.74, 6) is 1.00. The molecule has 1 aromatic rings. The fourth-order valence-corrected chi connectivity index (χ4v) is 2.52. The predicted octanol–water partition coefficient (Wildman–Crippen LogP) is 3.38. The summed E-state index contributed by atoms with van der Waals surface area (Å²) in [5.41, 5.74) is 2.76. The number of aryl methyl sites for hydroxylation is 1. The van der Waals surface area contributed by atoms with Gasteiger partial charge in [-0.1, -0.05) is 12.1 Å². The summed E-state index contributed by atoms with van der Waals surface area (Å²) >= 11 is 0. The molecule has 0 spiro atoms. The number of ether oxygens (including phenoxy) is 1. The minimum Gasteiger partial charge on any atom is -0.491 e. The van der Waals surface area contributed by atoms with E-state index in [1.54, 1.807) is 0 Å². The molecule has 0 aromatic heterocycles. The van der Waals surface area contributed by atoms with Crippen LogP contribution in [0.3, 0.4) is 0 Å². The standard InChI is InChI=1S/C15H23NO/c1-11(2)17-14-7-6-13(10-12(14)3)15(4)8-5-9-16-15/h6-7,10-11,16H,5,8-9H2,1-4H3. The Morgan fingerprint density at radius 3 is 2.65 bits per heavy atom. The molecule has 1 atom stereocenters. The molecule has 1 N–H and O–H groups in total. The highest BCUT2D eigenvalue weighted by Gasteiger charge is 2.30. The molecule has 1 fully saturated rings. The van der Waals surface area contributed by atoms with Crippen molar-refractivity contribution in [3.8, 4) is 5.75 Å². The molecule has 0 aliphatic carbocycles. The zero-order chi connectivity index (χ0) is 12.5. The van der Waals surface area contributed by atoms with Crippen molar-refractivity contribution in [2.24, 2.45) is 0 Å². The first-order valence-electron chi connectivity index (χ1n) is 6.54. The van der Waals surface area contributed by atoms with Crippen molar-refractivity contribution >= 4 is 0 Å². The van der Waals surface area contributed by atoms with Crippen LogP contribution in [0.5, 0.6) is 5.75 Å². The Kier molecular flexibility index (Phi) is 3.43. The Hall–Kier alpha value is -1.02. The maximum absolute atomic E-state index is 5.78. The van der Waals surface area contributed by atoms with Crippen molar-refractivity contribution in [3.05, 3.63) is 29.3 Å². The SMILES string of the molecule is Cc1cc(C2(C)CCCN2)ccc1OC(C)C. The lowest BCUT2D eigenvalue weighted by Crippen LogP contribution is -2.33. The second kappa shape index (κ2) is 4.69. The van der Waals surface area contributed by atoms with Crippen LogP contribution in [-0.4, -0.2) is 12.6 Å². The third-order valence-corrected chi connectivity index (χ3v) is 3.54. The van der Waals surface area contributed by atoms with Crippen molar-refractivity contribution in [3.63, 3.8) is 0 Å². The van der Waals surface area contributed by atoms with Crippen LogP contribution in [0.4, 0.5) is 0 Å². The maximum Gasteiger partial charge on any atom is 0.122 e. The Morgan fingerprint density at radius 2 is 2.12 bits per heavy atom. The molecule has 2 heteroatoms. The molecule has 1 heterocycles. The number of rotatable bonds is 3. The number of hydrogen-bond acceptors (Lipinski definition) is 2. The molecule has 1 saturated heterocycles. The lowest BCUT2D eigenvalue weighted by Gasteiger charge is -2.26. The van der Waals surface area contributed by atoms with Crippen LogP contribution < -0.4 is 10.1 Å². The van der Waals surface area contributed by atoms with E-state index >= 15 is 0 Å². The topological polar surface area (TPSA) is 21.3 Å². The molecule has 2 nitrogen and oxygen atoms in total. The number of hydrogen-bond donors (Lipinski definition) is 1. The zero-order valence-corrected chi connectivity index (χ0v) is 11.3. The van der Waals surface area contributed by atoms with Crippen LogP contribution in [0, 0.1) is 6.92 Å². The van der Waals surface area contributed by atoms with Crippen LogP contribution >= 0.6 is 0 Å². The minimum atomic E-state index is 0.154. The monoisotopic (exact) mass is 233 g/mol. The van der Waals surface area contributed by atoms with E-state index in [0.29, 0.717) is 0 Å². The van der Waals surface area contributed by atoms with Gasteiger partial charge in [0.2, 0.25) is 0 Å². The van der Waals surface area contributed by atoms with E-state index in [1.165, 1.54) is 24.0 Å². The summed E-state index contributed by atoms with van der Waals surface area (Å²) in [6.07, 6.45) is 2.72. The first kappa shape index (κ1) is 12.4. The van der Waals surface area contributed by atoms with Crippen LogP contribution in [0.1, 0.15) is 44.7 Å². The van der Waals surface area contributed by atoms with E-state index in [4.69, 9.17) is 4.74 Å². The van der Waals surface area contributed by atoms with Crippen LogP contribution in [0.15, 0.2) is 18.2 Å². The van der Waals surface area contributed by atoms with Crippen molar-refractivity contribution in [2.45, 2.75) is 52.2 Å². The lowest BCUT2D eigenvalue weighted by atomic mass is 9.89. The quantitative estimate of drug-likeness (QED) is 0.864. The van der Waals surface area contributed by atoms with Gasteiger partial charge in [-0.2, -0.15) is 0 Å². The summed E-state index contributed by atoms with van der Waals surface area (Å²) in [5, 5.41) is 3.60. The van der Waals surface area contributed by atoms with Crippen molar-refractivity contribution in [1.82, 2.24) is 5.32 Å². The Bertz CT molecular complexity index is 392.